The van der Waals surface area contributed by atoms with Gasteiger partial charge in [0.05, 0.1) is 12.7 Å². The van der Waals surface area contributed by atoms with Crippen LogP contribution in [0.3, 0.4) is 0 Å². The topological polar surface area (TPSA) is 87.0 Å². The lowest BCUT2D eigenvalue weighted by atomic mass is 9.77. The van der Waals surface area contributed by atoms with E-state index in [1.54, 1.807) is 12.1 Å². The largest absolute Gasteiger partial charge is 0.511 e. The number of phenolic OH excluding ortho intramolecular Hbond substituents is 1. The SMILES string of the molecule is COC1=C(CCC=Cc2ccc(O)cc2)CC(O)=C(C(=O)CCC2=C3CCCCC(=C2)C(C)C3)C(O)=C1. The van der Waals surface area contributed by atoms with Crippen LogP contribution in [0.15, 0.2) is 87.6 Å². The summed E-state index contributed by atoms with van der Waals surface area (Å²) in [6, 6.07) is 6.95. The molecule has 0 spiro atoms. The third-order valence-corrected chi connectivity index (χ3v) is 7.67. The van der Waals surface area contributed by atoms with E-state index in [1.165, 1.54) is 42.7 Å². The molecule has 4 aliphatic carbocycles. The average molecular weight is 503 g/mol. The Labute approximate surface area is 219 Å². The Hall–Kier alpha value is -3.47. The minimum Gasteiger partial charge on any atom is -0.511 e. The van der Waals surface area contributed by atoms with E-state index < -0.39 is 0 Å². The molecule has 0 radical (unpaired) electrons. The van der Waals surface area contributed by atoms with Crippen molar-refractivity contribution in [2.75, 3.05) is 7.11 Å². The molecule has 1 atom stereocenters. The molecule has 1 saturated carbocycles. The molecule has 0 amide bonds. The van der Waals surface area contributed by atoms with Crippen LogP contribution in [-0.4, -0.2) is 28.2 Å². The van der Waals surface area contributed by atoms with Gasteiger partial charge >= 0.3 is 0 Å². The second-order valence-electron chi connectivity index (χ2n) is 10.3. The Bertz CT molecular complexity index is 1200. The Kier molecular flexibility index (Phi) is 8.75. The number of aliphatic hydroxyl groups excluding tert-OH is 2. The van der Waals surface area contributed by atoms with E-state index in [4.69, 9.17) is 4.74 Å². The zero-order chi connectivity index (χ0) is 26.4. The lowest BCUT2D eigenvalue weighted by Crippen LogP contribution is -2.14. The number of hydrogen-bond acceptors (Lipinski definition) is 5. The zero-order valence-corrected chi connectivity index (χ0v) is 21.9. The van der Waals surface area contributed by atoms with Crippen LogP contribution < -0.4 is 0 Å². The fourth-order valence-corrected chi connectivity index (χ4v) is 5.58. The van der Waals surface area contributed by atoms with E-state index in [1.807, 2.05) is 24.3 Å². The predicted molar refractivity (Wildman–Crippen MR) is 147 cm³/mol. The number of ether oxygens (including phenoxy) is 1. The van der Waals surface area contributed by atoms with Crippen LogP contribution in [0, 0.1) is 5.92 Å². The summed E-state index contributed by atoms with van der Waals surface area (Å²) in [5.41, 5.74) is 6.04. The lowest BCUT2D eigenvalue weighted by molar-refractivity contribution is -0.115. The number of phenols is 1. The number of rotatable bonds is 9. The summed E-state index contributed by atoms with van der Waals surface area (Å²) in [5, 5.41) is 31.1. The number of benzene rings is 1. The second-order valence-corrected chi connectivity index (χ2v) is 10.3. The summed E-state index contributed by atoms with van der Waals surface area (Å²) in [6.45, 7) is 2.29. The summed E-state index contributed by atoms with van der Waals surface area (Å²) >= 11 is 0. The smallest absolute Gasteiger partial charge is 0.170 e. The number of aliphatic hydroxyl groups is 2. The first-order valence-electron chi connectivity index (χ1n) is 13.3. The van der Waals surface area contributed by atoms with Crippen molar-refractivity contribution in [1.82, 2.24) is 0 Å². The van der Waals surface area contributed by atoms with E-state index in [9.17, 15) is 20.1 Å². The maximum atomic E-state index is 13.2. The third-order valence-electron chi connectivity index (χ3n) is 7.67. The minimum absolute atomic E-state index is 0.00631. The number of aromatic hydroxyl groups is 1. The van der Waals surface area contributed by atoms with Crippen LogP contribution in [0.5, 0.6) is 5.75 Å². The molecule has 5 heteroatoms. The molecule has 196 valence electrons. The molecular weight excluding hydrogens is 464 g/mol. The van der Waals surface area contributed by atoms with Gasteiger partial charge in [0.25, 0.3) is 0 Å². The highest BCUT2D eigenvalue weighted by Gasteiger charge is 2.26. The summed E-state index contributed by atoms with van der Waals surface area (Å²) in [6.07, 6.45) is 15.8. The average Bonchev–Trinajstić information content (AvgIpc) is 2.98. The number of methoxy groups -OCH3 is 1. The van der Waals surface area contributed by atoms with Gasteiger partial charge in [-0.2, -0.15) is 0 Å². The van der Waals surface area contributed by atoms with Crippen molar-refractivity contribution in [1.29, 1.82) is 0 Å². The van der Waals surface area contributed by atoms with E-state index >= 15 is 0 Å². The Balaban J connectivity index is 1.43. The molecule has 0 aromatic heterocycles. The quantitative estimate of drug-likeness (QED) is 0.319. The van der Waals surface area contributed by atoms with E-state index in [0.717, 1.165) is 30.4 Å². The Morgan fingerprint density at radius 2 is 1.81 bits per heavy atom. The fourth-order valence-electron chi connectivity index (χ4n) is 5.58. The van der Waals surface area contributed by atoms with Gasteiger partial charge < -0.3 is 20.1 Å². The molecule has 1 fully saturated rings. The molecule has 1 aromatic rings. The number of carbonyl (C=O) groups is 1. The predicted octanol–water partition coefficient (Wildman–Crippen LogP) is 7.93. The van der Waals surface area contributed by atoms with Gasteiger partial charge in [0.1, 0.15) is 23.0 Å². The summed E-state index contributed by atoms with van der Waals surface area (Å²) in [5.74, 6) is 0.706. The summed E-state index contributed by atoms with van der Waals surface area (Å²) in [4.78, 5) is 13.2. The lowest BCUT2D eigenvalue weighted by Gasteiger charge is -2.29. The molecule has 2 bridgehead atoms. The number of ketones is 1. The number of fused-ring (bicyclic) bond motifs is 5. The summed E-state index contributed by atoms with van der Waals surface area (Å²) in [7, 11) is 1.53. The van der Waals surface area contributed by atoms with Crippen molar-refractivity contribution in [3.8, 4) is 5.75 Å². The van der Waals surface area contributed by atoms with Crippen molar-refractivity contribution in [3.05, 3.63) is 93.2 Å². The molecular formula is C32H38O5. The molecule has 1 aromatic carbocycles. The third kappa shape index (κ3) is 6.65. The van der Waals surface area contributed by atoms with Gasteiger partial charge in [0.15, 0.2) is 5.78 Å². The molecule has 5 rings (SSSR count). The van der Waals surface area contributed by atoms with E-state index in [-0.39, 0.29) is 41.5 Å². The monoisotopic (exact) mass is 502 g/mol. The number of carbonyl (C=O) groups excluding carboxylic acids is 1. The first-order valence-corrected chi connectivity index (χ1v) is 13.3. The van der Waals surface area contributed by atoms with Gasteiger partial charge in [0, 0.05) is 18.9 Å². The van der Waals surface area contributed by atoms with Crippen LogP contribution >= 0.6 is 0 Å². The van der Waals surface area contributed by atoms with Gasteiger partial charge in [0.2, 0.25) is 0 Å². The first-order chi connectivity index (χ1) is 17.9. The van der Waals surface area contributed by atoms with E-state index in [2.05, 4.69) is 13.0 Å². The molecule has 1 unspecified atom stereocenters. The van der Waals surface area contributed by atoms with Crippen LogP contribution in [0.25, 0.3) is 6.08 Å². The van der Waals surface area contributed by atoms with Crippen molar-refractivity contribution in [2.45, 2.75) is 71.1 Å². The maximum absolute atomic E-state index is 13.2. The van der Waals surface area contributed by atoms with Crippen molar-refractivity contribution < 1.29 is 24.9 Å². The van der Waals surface area contributed by atoms with Crippen LogP contribution in [0.1, 0.15) is 76.7 Å². The highest BCUT2D eigenvalue weighted by Crippen LogP contribution is 2.39. The highest BCUT2D eigenvalue weighted by atomic mass is 16.5. The van der Waals surface area contributed by atoms with Crippen molar-refractivity contribution in [2.24, 2.45) is 5.92 Å². The van der Waals surface area contributed by atoms with Crippen LogP contribution in [0.2, 0.25) is 0 Å². The molecule has 5 nitrogen and oxygen atoms in total. The van der Waals surface area contributed by atoms with E-state index in [0.29, 0.717) is 30.9 Å². The molecule has 0 heterocycles. The highest BCUT2D eigenvalue weighted by molar-refractivity contribution is 5.99. The molecule has 0 saturated heterocycles. The minimum atomic E-state index is -0.243. The maximum Gasteiger partial charge on any atom is 0.170 e. The number of Topliss-reactive ketones (excluding diaryl/α,β-unsaturated/α-hetero) is 1. The van der Waals surface area contributed by atoms with Gasteiger partial charge in [-0.15, -0.1) is 0 Å². The van der Waals surface area contributed by atoms with Crippen molar-refractivity contribution in [3.63, 3.8) is 0 Å². The van der Waals surface area contributed by atoms with Crippen LogP contribution in [-0.2, 0) is 9.53 Å². The number of hydrogen-bond donors (Lipinski definition) is 3. The molecule has 37 heavy (non-hydrogen) atoms. The normalized spacial score (nSPS) is 20.5. The van der Waals surface area contributed by atoms with Gasteiger partial charge in [-0.1, -0.05) is 48.4 Å². The Morgan fingerprint density at radius 1 is 1.05 bits per heavy atom. The van der Waals surface area contributed by atoms with Crippen molar-refractivity contribution >= 4 is 11.9 Å². The Morgan fingerprint density at radius 3 is 2.57 bits per heavy atom. The first kappa shape index (κ1) is 26.6. The molecule has 3 N–H and O–H groups in total. The standard InChI is InChI=1S/C32H38O5/c1-21-17-24-9-6-5-8-23(21)18-25(24)13-16-28(34)32-29(35)19-26(31(37-2)20-30(32)36)10-4-3-7-22-11-14-27(33)15-12-22/h3,7,11-12,14-15,18,20-21,33,35-36H,4-6,8-10,13,16-17,19H2,1-2H3. The zero-order valence-electron chi connectivity index (χ0n) is 21.9. The van der Waals surface area contributed by atoms with Crippen LogP contribution in [0.4, 0.5) is 0 Å². The summed E-state index contributed by atoms with van der Waals surface area (Å²) < 4.78 is 5.51. The molecule has 4 aliphatic rings. The van der Waals surface area contributed by atoms with Gasteiger partial charge in [-0.05, 0) is 86.1 Å². The molecule has 0 aliphatic heterocycles. The van der Waals surface area contributed by atoms with Gasteiger partial charge in [-0.25, -0.2) is 0 Å². The second kappa shape index (κ2) is 12.2. The number of allylic oxidation sites excluding steroid dienone is 8. The fraction of sp³-hybridized carbons (Fsp3) is 0.406. The van der Waals surface area contributed by atoms with Gasteiger partial charge in [-0.3, -0.25) is 4.79 Å².